The predicted molar refractivity (Wildman–Crippen MR) is 75.4 cm³/mol. The Balaban J connectivity index is 1.75. The fourth-order valence-electron chi connectivity index (χ4n) is 2.24. The van der Waals surface area contributed by atoms with Gasteiger partial charge >= 0.3 is 0 Å². The number of nitrogens with two attached hydrogens (primary N) is 1. The van der Waals surface area contributed by atoms with E-state index < -0.39 is 0 Å². The lowest BCUT2D eigenvalue weighted by Crippen LogP contribution is -2.01. The topological polar surface area (TPSA) is 51.8 Å². The van der Waals surface area contributed by atoms with Crippen molar-refractivity contribution in [1.82, 2.24) is 9.97 Å². The quantitative estimate of drug-likeness (QED) is 0.923. The summed E-state index contributed by atoms with van der Waals surface area (Å²) in [6.45, 7) is 0. The van der Waals surface area contributed by atoms with Gasteiger partial charge in [-0.2, -0.15) is 11.8 Å². The lowest BCUT2D eigenvalue weighted by atomic mass is 10.4. The number of nitrogen functional groups attached to an aromatic ring is 1. The lowest BCUT2D eigenvalue weighted by Gasteiger charge is -2.07. The van der Waals surface area contributed by atoms with Crippen LogP contribution in [0, 0.1) is 0 Å². The third-order valence-electron chi connectivity index (χ3n) is 3.15. The minimum absolute atomic E-state index is 0.623. The Morgan fingerprint density at radius 2 is 2.18 bits per heavy atom. The molecule has 0 radical (unpaired) electrons. The van der Waals surface area contributed by atoms with Gasteiger partial charge in [0.25, 0.3) is 0 Å². The van der Waals surface area contributed by atoms with Gasteiger partial charge in [0.15, 0.2) is 0 Å². The van der Waals surface area contributed by atoms with Crippen LogP contribution in [-0.4, -0.2) is 15.2 Å². The van der Waals surface area contributed by atoms with Crippen molar-refractivity contribution in [3.8, 4) is 0 Å². The van der Waals surface area contributed by atoms with Crippen LogP contribution in [0.3, 0.4) is 0 Å². The fourth-order valence-corrected chi connectivity index (χ4v) is 4.21. The van der Waals surface area contributed by atoms with Gasteiger partial charge in [-0.25, -0.2) is 9.97 Å². The summed E-state index contributed by atoms with van der Waals surface area (Å²) in [6, 6.07) is 1.99. The molecule has 0 saturated heterocycles. The van der Waals surface area contributed by atoms with Gasteiger partial charge < -0.3 is 5.73 Å². The fraction of sp³-hybridized carbons (Fsp3) is 0.500. The van der Waals surface area contributed by atoms with Crippen molar-refractivity contribution >= 4 is 39.1 Å². The van der Waals surface area contributed by atoms with Crippen molar-refractivity contribution in [2.45, 2.75) is 36.7 Å². The lowest BCUT2D eigenvalue weighted by molar-refractivity contribution is 0.886. The summed E-state index contributed by atoms with van der Waals surface area (Å²) in [5.41, 5.74) is 5.93. The molecule has 1 saturated carbocycles. The highest BCUT2D eigenvalue weighted by Crippen LogP contribution is 2.32. The molecule has 3 rings (SSSR count). The van der Waals surface area contributed by atoms with E-state index in [-0.39, 0.29) is 0 Å². The van der Waals surface area contributed by atoms with Crippen LogP contribution in [0.5, 0.6) is 0 Å². The van der Waals surface area contributed by atoms with E-state index in [1.165, 1.54) is 25.7 Å². The van der Waals surface area contributed by atoms with Gasteiger partial charge in [-0.05, 0) is 24.3 Å². The predicted octanol–water partition coefficient (Wildman–Crippen LogP) is 3.45. The summed E-state index contributed by atoms with van der Waals surface area (Å²) >= 11 is 3.61. The van der Waals surface area contributed by atoms with Crippen molar-refractivity contribution in [1.29, 1.82) is 0 Å². The van der Waals surface area contributed by atoms with Gasteiger partial charge in [-0.3, -0.25) is 0 Å². The number of anilines is 1. The number of nitrogens with zero attached hydrogens (tertiary/aromatic N) is 2. The minimum atomic E-state index is 0.623. The molecule has 0 aliphatic heterocycles. The van der Waals surface area contributed by atoms with Crippen LogP contribution in [0.15, 0.2) is 11.4 Å². The molecule has 0 amide bonds. The second-order valence-corrected chi connectivity index (χ2v) is 6.57. The molecular formula is C12H15N3S2. The molecule has 1 aliphatic rings. The Kier molecular flexibility index (Phi) is 3.20. The van der Waals surface area contributed by atoms with Crippen molar-refractivity contribution in [3.63, 3.8) is 0 Å². The standard InChI is InChI=1S/C12H15N3S2/c13-11-9-5-6-16-12(9)15-10(14-11)7-17-8-3-1-2-4-8/h5-6,8H,1-4,7H2,(H2,13,14,15). The molecule has 2 N–H and O–H groups in total. The molecule has 5 heteroatoms. The van der Waals surface area contributed by atoms with Crippen molar-refractivity contribution in [3.05, 3.63) is 17.3 Å². The maximum absolute atomic E-state index is 5.93. The summed E-state index contributed by atoms with van der Waals surface area (Å²) < 4.78 is 0. The number of rotatable bonds is 3. The summed E-state index contributed by atoms with van der Waals surface area (Å²) in [5, 5.41) is 3.81. The van der Waals surface area contributed by atoms with E-state index in [1.807, 2.05) is 23.2 Å². The van der Waals surface area contributed by atoms with Crippen LogP contribution < -0.4 is 5.73 Å². The normalized spacial score (nSPS) is 16.9. The van der Waals surface area contributed by atoms with E-state index in [0.717, 1.165) is 27.0 Å². The van der Waals surface area contributed by atoms with Crippen molar-refractivity contribution in [2.75, 3.05) is 5.73 Å². The molecule has 2 heterocycles. The van der Waals surface area contributed by atoms with E-state index in [1.54, 1.807) is 11.3 Å². The first-order valence-electron chi connectivity index (χ1n) is 5.94. The largest absolute Gasteiger partial charge is 0.383 e. The van der Waals surface area contributed by atoms with Crippen molar-refractivity contribution in [2.24, 2.45) is 0 Å². The zero-order chi connectivity index (χ0) is 11.7. The molecule has 2 aromatic rings. The van der Waals surface area contributed by atoms with E-state index in [2.05, 4.69) is 9.97 Å². The maximum atomic E-state index is 5.93. The monoisotopic (exact) mass is 265 g/mol. The Hall–Kier alpha value is -0.810. The molecule has 1 fully saturated rings. The molecule has 0 atom stereocenters. The first-order valence-corrected chi connectivity index (χ1v) is 7.87. The number of hydrogen-bond donors (Lipinski definition) is 1. The summed E-state index contributed by atoms with van der Waals surface area (Å²) in [4.78, 5) is 9.96. The number of hydrogen-bond acceptors (Lipinski definition) is 5. The van der Waals surface area contributed by atoms with E-state index >= 15 is 0 Å². The van der Waals surface area contributed by atoms with Gasteiger partial charge in [0.05, 0.1) is 11.1 Å². The zero-order valence-corrected chi connectivity index (χ0v) is 11.2. The van der Waals surface area contributed by atoms with Gasteiger partial charge in [-0.1, -0.05) is 12.8 Å². The summed E-state index contributed by atoms with van der Waals surface area (Å²) in [5.74, 6) is 2.40. The molecule has 3 nitrogen and oxygen atoms in total. The summed E-state index contributed by atoms with van der Waals surface area (Å²) in [6.07, 6.45) is 5.46. The Morgan fingerprint density at radius 1 is 1.35 bits per heavy atom. The van der Waals surface area contributed by atoms with Crippen LogP contribution >= 0.6 is 23.1 Å². The van der Waals surface area contributed by atoms with Gasteiger partial charge in [0.2, 0.25) is 0 Å². The van der Waals surface area contributed by atoms with Gasteiger partial charge in [0.1, 0.15) is 16.5 Å². The number of aromatic nitrogens is 2. The van der Waals surface area contributed by atoms with Crippen molar-refractivity contribution < 1.29 is 0 Å². The highest BCUT2D eigenvalue weighted by Gasteiger charge is 2.16. The SMILES string of the molecule is Nc1nc(CSC2CCCC2)nc2sccc12. The van der Waals surface area contributed by atoms with Crippen LogP contribution in [0.2, 0.25) is 0 Å². The number of fused-ring (bicyclic) bond motifs is 1. The van der Waals surface area contributed by atoms with Crippen LogP contribution in [0.25, 0.3) is 10.2 Å². The minimum Gasteiger partial charge on any atom is -0.383 e. The molecule has 90 valence electrons. The Bertz CT molecular complexity index is 517. The molecule has 0 aromatic carbocycles. The number of thioether (sulfide) groups is 1. The third-order valence-corrected chi connectivity index (χ3v) is 5.33. The first-order chi connectivity index (χ1) is 8.33. The van der Waals surface area contributed by atoms with Gasteiger partial charge in [-0.15, -0.1) is 11.3 Å². The zero-order valence-electron chi connectivity index (χ0n) is 9.56. The van der Waals surface area contributed by atoms with E-state index in [4.69, 9.17) is 5.73 Å². The average Bonchev–Trinajstić information content (AvgIpc) is 2.97. The second-order valence-electron chi connectivity index (χ2n) is 4.38. The molecule has 0 bridgehead atoms. The summed E-state index contributed by atoms with van der Waals surface area (Å²) in [7, 11) is 0. The highest BCUT2D eigenvalue weighted by atomic mass is 32.2. The molecule has 0 spiro atoms. The highest BCUT2D eigenvalue weighted by molar-refractivity contribution is 7.99. The van der Waals surface area contributed by atoms with Crippen LogP contribution in [0.1, 0.15) is 31.5 Å². The number of thiophene rings is 1. The Labute approximate surface area is 109 Å². The first kappa shape index (κ1) is 11.3. The Morgan fingerprint density at radius 3 is 3.00 bits per heavy atom. The molecule has 0 unspecified atom stereocenters. The van der Waals surface area contributed by atoms with Crippen LogP contribution in [-0.2, 0) is 5.75 Å². The molecular weight excluding hydrogens is 250 g/mol. The van der Waals surface area contributed by atoms with E-state index in [9.17, 15) is 0 Å². The molecule has 2 aromatic heterocycles. The van der Waals surface area contributed by atoms with Gasteiger partial charge in [0, 0.05) is 5.25 Å². The average molecular weight is 265 g/mol. The smallest absolute Gasteiger partial charge is 0.142 e. The molecule has 17 heavy (non-hydrogen) atoms. The van der Waals surface area contributed by atoms with E-state index in [0.29, 0.717) is 5.82 Å². The second kappa shape index (κ2) is 4.82. The third kappa shape index (κ3) is 2.40. The van der Waals surface area contributed by atoms with Crippen LogP contribution in [0.4, 0.5) is 5.82 Å². The maximum Gasteiger partial charge on any atom is 0.142 e. The molecule has 1 aliphatic carbocycles.